The summed E-state index contributed by atoms with van der Waals surface area (Å²) in [4.78, 5) is 25.8. The third kappa shape index (κ3) is 5.34. The lowest BCUT2D eigenvalue weighted by Crippen LogP contribution is -2.30. The predicted octanol–water partition coefficient (Wildman–Crippen LogP) is 5.46. The number of hydrogen-bond acceptors (Lipinski definition) is 7. The van der Waals surface area contributed by atoms with Crippen molar-refractivity contribution in [2.45, 2.75) is 69.6 Å². The Hall–Kier alpha value is -2.33. The van der Waals surface area contributed by atoms with Gasteiger partial charge >= 0.3 is 0 Å². The van der Waals surface area contributed by atoms with Crippen LogP contribution in [0.25, 0.3) is 11.2 Å². The van der Waals surface area contributed by atoms with Crippen LogP contribution in [0.3, 0.4) is 0 Å². The smallest absolute Gasteiger partial charge is 0.224 e. The van der Waals surface area contributed by atoms with Gasteiger partial charge < -0.3 is 21.5 Å². The van der Waals surface area contributed by atoms with Crippen molar-refractivity contribution in [2.75, 3.05) is 10.6 Å². The fourth-order valence-electron chi connectivity index (χ4n) is 5.26. The van der Waals surface area contributed by atoms with Crippen LogP contribution in [-0.4, -0.2) is 42.7 Å². The Bertz CT molecular complexity index is 1250. The number of hydrogen-bond donors (Lipinski definition) is 4. The molecule has 0 spiro atoms. The molecule has 36 heavy (non-hydrogen) atoms. The fourth-order valence-corrected chi connectivity index (χ4v) is 6.18. The maximum Gasteiger partial charge on any atom is 0.224 e. The van der Waals surface area contributed by atoms with Gasteiger partial charge in [0.15, 0.2) is 5.65 Å². The van der Waals surface area contributed by atoms with E-state index in [4.69, 9.17) is 50.5 Å². The molecule has 2 atom stereocenters. The van der Waals surface area contributed by atoms with Crippen molar-refractivity contribution in [3.63, 3.8) is 0 Å². The number of imidazole rings is 1. The molecule has 9 nitrogen and oxygen atoms in total. The number of anilines is 3. The molecule has 2 aliphatic carbocycles. The number of halogens is 3. The molecule has 5 rings (SSSR count). The Kier molecular flexibility index (Phi) is 7.44. The van der Waals surface area contributed by atoms with Crippen molar-refractivity contribution >= 4 is 69.5 Å². The third-order valence-electron chi connectivity index (χ3n) is 7.12. The number of carbonyl (C=O) groups is 1. The minimum atomic E-state index is -0.310. The van der Waals surface area contributed by atoms with Crippen LogP contribution in [-0.2, 0) is 4.79 Å². The van der Waals surface area contributed by atoms with Gasteiger partial charge in [-0.2, -0.15) is 4.98 Å². The van der Waals surface area contributed by atoms with Gasteiger partial charge in [-0.1, -0.05) is 34.8 Å². The second kappa shape index (κ2) is 10.6. The Morgan fingerprint density at radius 3 is 2.44 bits per heavy atom. The topological polar surface area (TPSA) is 131 Å². The van der Waals surface area contributed by atoms with E-state index in [0.717, 1.165) is 32.1 Å². The average molecular weight is 553 g/mol. The van der Waals surface area contributed by atoms with Crippen molar-refractivity contribution in [1.82, 2.24) is 19.5 Å². The van der Waals surface area contributed by atoms with Crippen LogP contribution in [0.15, 0.2) is 18.3 Å². The molecule has 2 heterocycles. The molecule has 2 saturated carbocycles. The minimum Gasteiger partial charge on any atom is -0.393 e. The summed E-state index contributed by atoms with van der Waals surface area (Å²) in [5.74, 6) is 0.628. The molecule has 1 aromatic carbocycles. The predicted molar refractivity (Wildman–Crippen MR) is 142 cm³/mol. The number of amides is 1. The standard InChI is InChI=1S/C24H28Cl3N7O2/c25-13-8-17(26)20(18(27)9-13)32-24-31-19-11-29-23(30-14-2-1-3-16(35)10-14)33-22(19)34(24)15-6-4-12(5-7-15)21(28)36/h8-9,11-12,14-16,35H,1-7,10H2,(H2,28,36)(H,31,32)(H,29,30,33)/t12-,14?,15+,16-/m0/s1. The number of nitrogens with zero attached hydrogens (tertiary/aromatic N) is 4. The molecule has 1 amide bonds. The first-order valence-electron chi connectivity index (χ1n) is 12.2. The quantitative estimate of drug-likeness (QED) is 0.319. The van der Waals surface area contributed by atoms with Gasteiger partial charge in [0, 0.05) is 23.0 Å². The molecule has 1 unspecified atom stereocenters. The summed E-state index contributed by atoms with van der Waals surface area (Å²) < 4.78 is 2.04. The number of nitrogens with one attached hydrogen (secondary N) is 2. The maximum atomic E-state index is 11.7. The highest BCUT2D eigenvalue weighted by Crippen LogP contribution is 2.40. The van der Waals surface area contributed by atoms with Crippen LogP contribution in [0, 0.1) is 5.92 Å². The molecule has 0 saturated heterocycles. The number of primary amides is 1. The molecular formula is C24H28Cl3N7O2. The van der Waals surface area contributed by atoms with Crippen molar-refractivity contribution in [1.29, 1.82) is 0 Å². The van der Waals surface area contributed by atoms with Crippen molar-refractivity contribution in [2.24, 2.45) is 11.7 Å². The van der Waals surface area contributed by atoms with E-state index in [9.17, 15) is 9.90 Å². The van der Waals surface area contributed by atoms with E-state index >= 15 is 0 Å². The summed E-state index contributed by atoms with van der Waals surface area (Å²) in [6, 6.07) is 3.38. The van der Waals surface area contributed by atoms with Gasteiger partial charge in [-0.3, -0.25) is 9.36 Å². The van der Waals surface area contributed by atoms with E-state index in [1.807, 2.05) is 4.57 Å². The van der Waals surface area contributed by atoms with E-state index in [-0.39, 0.29) is 30.0 Å². The highest BCUT2D eigenvalue weighted by atomic mass is 35.5. The number of benzene rings is 1. The molecule has 0 radical (unpaired) electrons. The number of nitrogens with two attached hydrogens (primary N) is 1. The largest absolute Gasteiger partial charge is 0.393 e. The van der Waals surface area contributed by atoms with Crippen LogP contribution in [0.4, 0.5) is 17.6 Å². The molecule has 3 aromatic rings. The van der Waals surface area contributed by atoms with E-state index in [1.54, 1.807) is 18.3 Å². The number of aliphatic hydroxyl groups is 1. The van der Waals surface area contributed by atoms with E-state index in [0.29, 0.717) is 63.1 Å². The lowest BCUT2D eigenvalue weighted by molar-refractivity contribution is -0.122. The molecule has 0 bridgehead atoms. The van der Waals surface area contributed by atoms with Gasteiger partial charge in [0.1, 0.15) is 5.52 Å². The summed E-state index contributed by atoms with van der Waals surface area (Å²) in [5, 5.41) is 17.9. The monoisotopic (exact) mass is 551 g/mol. The average Bonchev–Trinajstić information content (AvgIpc) is 3.18. The molecular weight excluding hydrogens is 525 g/mol. The first-order chi connectivity index (χ1) is 17.3. The Morgan fingerprint density at radius 2 is 1.78 bits per heavy atom. The number of aromatic nitrogens is 4. The number of carbonyl (C=O) groups excluding carboxylic acids is 1. The Balaban J connectivity index is 1.51. The summed E-state index contributed by atoms with van der Waals surface area (Å²) in [6.45, 7) is 0. The van der Waals surface area contributed by atoms with Gasteiger partial charge in [-0.05, 0) is 63.5 Å². The summed E-state index contributed by atoms with van der Waals surface area (Å²) in [6.07, 6.45) is 7.65. The summed E-state index contributed by atoms with van der Waals surface area (Å²) in [5.41, 5.74) is 7.33. The third-order valence-corrected chi connectivity index (χ3v) is 7.93. The van der Waals surface area contributed by atoms with Crippen LogP contribution < -0.4 is 16.4 Å². The van der Waals surface area contributed by atoms with E-state index < -0.39 is 0 Å². The number of rotatable bonds is 6. The van der Waals surface area contributed by atoms with Gasteiger partial charge in [-0.25, -0.2) is 9.97 Å². The maximum absolute atomic E-state index is 11.7. The molecule has 2 aromatic heterocycles. The van der Waals surface area contributed by atoms with Crippen molar-refractivity contribution in [3.8, 4) is 0 Å². The van der Waals surface area contributed by atoms with E-state index in [1.165, 1.54) is 0 Å². The molecule has 2 aliphatic rings. The molecule has 5 N–H and O–H groups in total. The van der Waals surface area contributed by atoms with E-state index in [2.05, 4.69) is 15.6 Å². The van der Waals surface area contributed by atoms with Crippen LogP contribution >= 0.6 is 34.8 Å². The first kappa shape index (κ1) is 25.3. The van der Waals surface area contributed by atoms with Gasteiger partial charge in [0.2, 0.25) is 17.8 Å². The second-order valence-electron chi connectivity index (χ2n) is 9.65. The number of fused-ring (bicyclic) bond motifs is 1. The SMILES string of the molecule is NC(=O)[C@H]1CC[C@@H](n2c(Nc3c(Cl)cc(Cl)cc3Cl)nc3cnc(NC4CCC[C@H](O)C4)nc32)CC1. The first-order valence-corrected chi connectivity index (χ1v) is 13.3. The molecule has 12 heteroatoms. The van der Waals surface area contributed by atoms with Crippen LogP contribution in [0.1, 0.15) is 57.4 Å². The molecule has 0 aliphatic heterocycles. The molecule has 192 valence electrons. The van der Waals surface area contributed by atoms with Crippen LogP contribution in [0.5, 0.6) is 0 Å². The highest BCUT2D eigenvalue weighted by Gasteiger charge is 2.30. The van der Waals surface area contributed by atoms with Gasteiger partial charge in [0.05, 0.1) is 28.0 Å². The zero-order valence-electron chi connectivity index (χ0n) is 19.6. The summed E-state index contributed by atoms with van der Waals surface area (Å²) in [7, 11) is 0. The Morgan fingerprint density at radius 1 is 1.06 bits per heavy atom. The molecule has 2 fully saturated rings. The lowest BCUT2D eigenvalue weighted by Gasteiger charge is -2.29. The van der Waals surface area contributed by atoms with Crippen LogP contribution in [0.2, 0.25) is 15.1 Å². The summed E-state index contributed by atoms with van der Waals surface area (Å²) >= 11 is 19.0. The van der Waals surface area contributed by atoms with Gasteiger partial charge in [0.25, 0.3) is 0 Å². The van der Waals surface area contributed by atoms with Crippen molar-refractivity contribution < 1.29 is 9.90 Å². The van der Waals surface area contributed by atoms with Crippen molar-refractivity contribution in [3.05, 3.63) is 33.4 Å². The highest BCUT2D eigenvalue weighted by molar-refractivity contribution is 6.41. The normalized spacial score (nSPS) is 24.6. The zero-order valence-corrected chi connectivity index (χ0v) is 21.8. The lowest BCUT2D eigenvalue weighted by atomic mass is 9.85. The second-order valence-corrected chi connectivity index (χ2v) is 10.9. The minimum absolute atomic E-state index is 0.0391. The van der Waals surface area contributed by atoms with Gasteiger partial charge in [-0.15, -0.1) is 0 Å². The Labute approximate surface area is 223 Å². The number of aliphatic hydroxyl groups excluding tert-OH is 1. The zero-order chi connectivity index (χ0) is 25.4. The fraction of sp³-hybridized carbons (Fsp3) is 0.500.